The molecule has 1 aliphatic heterocycles. The number of hydrogen-bond acceptors (Lipinski definition) is 6. The van der Waals surface area contributed by atoms with E-state index in [1.165, 1.54) is 0 Å². The summed E-state index contributed by atoms with van der Waals surface area (Å²) < 4.78 is 10.6. The Morgan fingerprint density at radius 2 is 1.39 bits per heavy atom. The molecule has 6 nitrogen and oxygen atoms in total. The molecule has 0 unspecified atom stereocenters. The molecule has 4 aromatic heterocycles. The average Bonchev–Trinajstić information content (AvgIpc) is 3.45. The summed E-state index contributed by atoms with van der Waals surface area (Å²) in [4.78, 5) is 35.0. The van der Waals surface area contributed by atoms with E-state index in [0.717, 1.165) is 48.5 Å². The Balaban J connectivity index is 1.40. The van der Waals surface area contributed by atoms with Crippen molar-refractivity contribution < 1.29 is 4.74 Å². The van der Waals surface area contributed by atoms with Crippen LogP contribution in [0, 0.1) is 0 Å². The zero-order valence-corrected chi connectivity index (χ0v) is 23.8. The van der Waals surface area contributed by atoms with E-state index in [1.54, 1.807) is 23.7 Å². The fraction of sp³-hybridized carbons (Fsp3) is 0. The fourth-order valence-electron chi connectivity index (χ4n) is 6.87. The number of aromatic nitrogens is 2. The van der Waals surface area contributed by atoms with Crippen molar-refractivity contribution in [3.8, 4) is 11.5 Å². The second-order valence-electron chi connectivity index (χ2n) is 11.1. The lowest BCUT2D eigenvalue weighted by molar-refractivity contribution is 0.477. The van der Waals surface area contributed by atoms with Crippen molar-refractivity contribution in [3.05, 3.63) is 136 Å². The van der Waals surface area contributed by atoms with Gasteiger partial charge in [-0.25, -0.2) is 0 Å². The minimum atomic E-state index is -0.172. The lowest BCUT2D eigenvalue weighted by Crippen LogP contribution is -2.18. The maximum atomic E-state index is 14.2. The third kappa shape index (κ3) is 2.96. The maximum absolute atomic E-state index is 14.2. The summed E-state index contributed by atoms with van der Waals surface area (Å²) in [5.41, 5.74) is 4.32. The Kier molecular flexibility index (Phi) is 4.53. The molecule has 5 heterocycles. The van der Waals surface area contributed by atoms with Gasteiger partial charge in [0.2, 0.25) is 0 Å². The van der Waals surface area contributed by atoms with Crippen LogP contribution in [0.15, 0.2) is 125 Å². The maximum Gasteiger partial charge on any atom is 0.200 e. The zero-order chi connectivity index (χ0) is 29.1. The van der Waals surface area contributed by atoms with E-state index in [2.05, 4.69) is 32.5 Å². The molecule has 0 spiro atoms. The van der Waals surface area contributed by atoms with E-state index in [4.69, 9.17) is 4.74 Å². The van der Waals surface area contributed by atoms with E-state index >= 15 is 0 Å². The van der Waals surface area contributed by atoms with Crippen LogP contribution in [0.5, 0.6) is 11.5 Å². The van der Waals surface area contributed by atoms with Crippen molar-refractivity contribution >= 4 is 86.7 Å². The van der Waals surface area contributed by atoms with Gasteiger partial charge >= 0.3 is 0 Å². The van der Waals surface area contributed by atoms with Crippen molar-refractivity contribution in [3.63, 3.8) is 0 Å². The lowest BCUT2D eigenvalue weighted by atomic mass is 10.0. The molecule has 44 heavy (non-hydrogen) atoms. The number of para-hydroxylation sites is 3. The summed E-state index contributed by atoms with van der Waals surface area (Å²) in [6.07, 6.45) is 3.16. The number of fused-ring (bicyclic) bond motifs is 10. The van der Waals surface area contributed by atoms with Gasteiger partial charge in [0, 0.05) is 49.7 Å². The van der Waals surface area contributed by atoms with Crippen LogP contribution in [-0.2, 0) is 0 Å². The van der Waals surface area contributed by atoms with E-state index in [9.17, 15) is 9.59 Å². The summed E-state index contributed by atoms with van der Waals surface area (Å²) in [6, 6.07) is 34.1. The summed E-state index contributed by atoms with van der Waals surface area (Å²) >= 11 is 1.62. The van der Waals surface area contributed by atoms with Gasteiger partial charge in [-0.15, -0.1) is 11.3 Å². The Labute approximate surface area is 252 Å². The topological polar surface area (TPSA) is 63.9 Å². The van der Waals surface area contributed by atoms with E-state index < -0.39 is 0 Å². The van der Waals surface area contributed by atoms with Gasteiger partial charge in [0.05, 0.1) is 44.1 Å². The first-order chi connectivity index (χ1) is 21.7. The number of nitrogens with zero attached hydrogens (tertiary/aromatic N) is 3. The molecule has 0 aliphatic carbocycles. The summed E-state index contributed by atoms with van der Waals surface area (Å²) in [7, 11) is 0. The van der Waals surface area contributed by atoms with Gasteiger partial charge in [-0.1, -0.05) is 54.6 Å². The van der Waals surface area contributed by atoms with Gasteiger partial charge in [0.25, 0.3) is 0 Å². The van der Waals surface area contributed by atoms with Crippen LogP contribution < -0.4 is 20.5 Å². The highest BCUT2D eigenvalue weighted by Crippen LogP contribution is 2.51. The van der Waals surface area contributed by atoms with Gasteiger partial charge in [0.15, 0.2) is 22.4 Å². The molecule has 0 fully saturated rings. The SMILES string of the molecule is O=c1c2cc3c(cc2n2c4ccc5c6ccccc6sc5c4c(=O)c4cncc1c42)Oc1ccccc1N3c1ccccc1. The molecule has 0 N–H and O–H groups in total. The Morgan fingerprint density at radius 1 is 0.614 bits per heavy atom. The number of benzene rings is 5. The van der Waals surface area contributed by atoms with Crippen LogP contribution in [0.3, 0.4) is 0 Å². The minimum Gasteiger partial charge on any atom is -0.453 e. The van der Waals surface area contributed by atoms with Crippen molar-refractivity contribution in [2.24, 2.45) is 0 Å². The van der Waals surface area contributed by atoms with Gasteiger partial charge in [-0.3, -0.25) is 14.6 Å². The first-order valence-corrected chi connectivity index (χ1v) is 15.1. The monoisotopic (exact) mass is 585 g/mol. The Bertz CT molecular complexity index is 2810. The molecule has 5 aromatic carbocycles. The summed E-state index contributed by atoms with van der Waals surface area (Å²) in [6.45, 7) is 0. The molecule has 9 aromatic rings. The van der Waals surface area contributed by atoms with Crippen LogP contribution in [-0.4, -0.2) is 9.38 Å². The third-order valence-electron chi connectivity index (χ3n) is 8.77. The van der Waals surface area contributed by atoms with Crippen molar-refractivity contribution in [2.75, 3.05) is 4.90 Å². The van der Waals surface area contributed by atoms with E-state index in [-0.39, 0.29) is 10.9 Å². The van der Waals surface area contributed by atoms with E-state index in [1.807, 2.05) is 84.9 Å². The normalized spacial score (nSPS) is 12.9. The lowest BCUT2D eigenvalue weighted by Gasteiger charge is -2.33. The van der Waals surface area contributed by atoms with Crippen LogP contribution in [0.2, 0.25) is 0 Å². The second kappa shape index (κ2) is 8.40. The van der Waals surface area contributed by atoms with E-state index in [0.29, 0.717) is 38.3 Å². The molecule has 0 saturated heterocycles. The van der Waals surface area contributed by atoms with Crippen LogP contribution >= 0.6 is 11.3 Å². The largest absolute Gasteiger partial charge is 0.453 e. The number of anilines is 3. The standard InChI is InChI=1S/C37H19N3O3S/c41-35-23-16-29-31(43-30-12-6-5-11-26(30)39(29)20-8-2-1-3-9-20)17-28(23)40-27-15-14-22-21-10-4-7-13-32(21)44-37(22)33(27)36(42)25-19-38-18-24(35)34(25)40/h1-19H. The average molecular weight is 586 g/mol. The number of ether oxygens (including phenoxy) is 1. The first kappa shape index (κ1) is 23.7. The minimum absolute atomic E-state index is 0.118. The fourth-order valence-corrected chi connectivity index (χ4v) is 8.12. The summed E-state index contributed by atoms with van der Waals surface area (Å²) in [5, 5.41) is 4.16. The van der Waals surface area contributed by atoms with Crippen LogP contribution in [0.4, 0.5) is 17.1 Å². The van der Waals surface area contributed by atoms with Crippen molar-refractivity contribution in [1.82, 2.24) is 9.38 Å². The molecule has 206 valence electrons. The molecular weight excluding hydrogens is 566 g/mol. The molecular formula is C37H19N3O3S. The van der Waals surface area contributed by atoms with Gasteiger partial charge in [-0.2, -0.15) is 0 Å². The molecule has 0 saturated carbocycles. The molecule has 10 rings (SSSR count). The Hall–Kier alpha value is -5.79. The van der Waals surface area contributed by atoms with Gasteiger partial charge in [-0.05, 0) is 42.5 Å². The smallest absolute Gasteiger partial charge is 0.200 e. The molecule has 0 radical (unpaired) electrons. The highest BCUT2D eigenvalue weighted by atomic mass is 32.1. The third-order valence-corrected chi connectivity index (χ3v) is 9.97. The zero-order valence-electron chi connectivity index (χ0n) is 22.9. The van der Waals surface area contributed by atoms with Crippen LogP contribution in [0.25, 0.3) is 58.3 Å². The molecule has 7 heteroatoms. The van der Waals surface area contributed by atoms with Gasteiger partial charge < -0.3 is 14.0 Å². The number of hydrogen-bond donors (Lipinski definition) is 0. The molecule has 0 atom stereocenters. The Morgan fingerprint density at radius 3 is 2.27 bits per heavy atom. The highest BCUT2D eigenvalue weighted by Gasteiger charge is 2.28. The van der Waals surface area contributed by atoms with Crippen molar-refractivity contribution in [1.29, 1.82) is 0 Å². The first-order valence-electron chi connectivity index (χ1n) is 14.3. The molecule has 1 aliphatic rings. The quantitative estimate of drug-likeness (QED) is 0.142. The predicted octanol–water partition coefficient (Wildman–Crippen LogP) is 8.90. The molecule has 0 bridgehead atoms. The number of thiophene rings is 1. The second-order valence-corrected chi connectivity index (χ2v) is 12.1. The highest BCUT2D eigenvalue weighted by molar-refractivity contribution is 7.26. The number of pyridine rings is 3. The number of rotatable bonds is 1. The van der Waals surface area contributed by atoms with Crippen molar-refractivity contribution in [2.45, 2.75) is 0 Å². The van der Waals surface area contributed by atoms with Gasteiger partial charge in [0.1, 0.15) is 0 Å². The molecule has 0 amide bonds. The predicted molar refractivity (Wildman–Crippen MR) is 179 cm³/mol. The summed E-state index contributed by atoms with van der Waals surface area (Å²) in [5.74, 6) is 1.34. The van der Waals surface area contributed by atoms with Crippen LogP contribution in [0.1, 0.15) is 0 Å².